The molecule has 0 saturated carbocycles. The Balaban J connectivity index is 2.17. The summed E-state index contributed by atoms with van der Waals surface area (Å²) in [4.78, 5) is 4.92. The molecular weight excluding hydrogens is 297 g/mol. The van der Waals surface area contributed by atoms with E-state index in [2.05, 4.69) is 4.98 Å². The van der Waals surface area contributed by atoms with E-state index >= 15 is 0 Å². The first-order valence-electron chi connectivity index (χ1n) is 6.24. The van der Waals surface area contributed by atoms with Gasteiger partial charge in [0, 0.05) is 22.8 Å². The van der Waals surface area contributed by atoms with Crippen molar-refractivity contribution in [3.8, 4) is 10.6 Å². The Morgan fingerprint density at radius 2 is 1.95 bits per heavy atom. The minimum Gasteiger partial charge on any atom is -0.326 e. The maximum Gasteiger partial charge on any atom is 0.417 e. The monoisotopic (exact) mass is 308 g/mol. The first kappa shape index (κ1) is 14.0. The van der Waals surface area contributed by atoms with Gasteiger partial charge in [-0.15, -0.1) is 11.3 Å². The Morgan fingerprint density at radius 1 is 1.14 bits per heavy atom. The zero-order valence-electron chi connectivity index (χ0n) is 10.8. The normalized spacial score (nSPS) is 12.0. The molecule has 0 unspecified atom stereocenters. The third kappa shape index (κ3) is 2.64. The van der Waals surface area contributed by atoms with Crippen LogP contribution in [0.25, 0.3) is 20.7 Å². The van der Waals surface area contributed by atoms with Crippen LogP contribution in [-0.4, -0.2) is 4.98 Å². The molecule has 0 aliphatic heterocycles. The van der Waals surface area contributed by atoms with Crippen LogP contribution in [0.1, 0.15) is 11.1 Å². The fourth-order valence-electron chi connectivity index (χ4n) is 2.17. The number of halogens is 3. The molecule has 0 aliphatic rings. The molecule has 0 radical (unpaired) electrons. The van der Waals surface area contributed by atoms with Crippen LogP contribution in [0.3, 0.4) is 0 Å². The third-order valence-corrected chi connectivity index (χ3v) is 4.30. The van der Waals surface area contributed by atoms with Gasteiger partial charge in [0.15, 0.2) is 0 Å². The number of nitrogens with zero attached hydrogens (tertiary/aromatic N) is 1. The molecule has 2 N–H and O–H groups in total. The van der Waals surface area contributed by atoms with Crippen molar-refractivity contribution in [1.29, 1.82) is 0 Å². The molecule has 3 rings (SSSR count). The number of hydrogen-bond donors (Lipinski definition) is 1. The van der Waals surface area contributed by atoms with Crippen LogP contribution in [0, 0.1) is 0 Å². The van der Waals surface area contributed by atoms with E-state index in [4.69, 9.17) is 5.73 Å². The molecular formula is C15H11F3N2S. The van der Waals surface area contributed by atoms with Crippen LogP contribution < -0.4 is 5.73 Å². The summed E-state index contributed by atoms with van der Waals surface area (Å²) in [6.07, 6.45) is -2.74. The Labute approximate surface area is 123 Å². The van der Waals surface area contributed by atoms with Crippen LogP contribution >= 0.6 is 11.3 Å². The third-order valence-electron chi connectivity index (χ3n) is 3.18. The molecule has 0 amide bonds. The van der Waals surface area contributed by atoms with E-state index in [1.165, 1.54) is 17.4 Å². The molecule has 2 aromatic heterocycles. The summed E-state index contributed by atoms with van der Waals surface area (Å²) >= 11 is 1.30. The van der Waals surface area contributed by atoms with Gasteiger partial charge in [0.05, 0.1) is 16.1 Å². The molecule has 3 aromatic rings. The molecule has 2 heterocycles. The summed E-state index contributed by atoms with van der Waals surface area (Å²) in [6, 6.07) is 9.35. The van der Waals surface area contributed by atoms with Crippen LogP contribution in [0.15, 0.2) is 42.6 Å². The van der Waals surface area contributed by atoms with Gasteiger partial charge in [0.1, 0.15) is 0 Å². The Bertz CT molecular complexity index is 793. The Hall–Kier alpha value is -1.92. The number of alkyl halides is 3. The lowest BCUT2D eigenvalue weighted by Gasteiger charge is -2.07. The quantitative estimate of drug-likeness (QED) is 0.760. The zero-order valence-corrected chi connectivity index (χ0v) is 11.6. The molecule has 2 nitrogen and oxygen atoms in total. The van der Waals surface area contributed by atoms with E-state index in [-0.39, 0.29) is 5.39 Å². The van der Waals surface area contributed by atoms with Crippen molar-refractivity contribution in [2.24, 2.45) is 5.73 Å². The summed E-state index contributed by atoms with van der Waals surface area (Å²) in [5, 5.41) is 0.213. The predicted molar refractivity (Wildman–Crippen MR) is 77.9 cm³/mol. The maximum atomic E-state index is 13.0. The summed E-state index contributed by atoms with van der Waals surface area (Å²) in [7, 11) is 0. The maximum absolute atomic E-state index is 13.0. The van der Waals surface area contributed by atoms with Crippen molar-refractivity contribution in [3.05, 3.63) is 53.7 Å². The van der Waals surface area contributed by atoms with E-state index in [1.54, 1.807) is 30.5 Å². The highest BCUT2D eigenvalue weighted by molar-refractivity contribution is 7.22. The molecule has 0 saturated heterocycles. The lowest BCUT2D eigenvalue weighted by Crippen LogP contribution is -2.04. The second-order valence-corrected chi connectivity index (χ2v) is 5.66. The van der Waals surface area contributed by atoms with Crippen molar-refractivity contribution >= 4 is 21.4 Å². The van der Waals surface area contributed by atoms with Crippen LogP contribution in [0.4, 0.5) is 13.2 Å². The van der Waals surface area contributed by atoms with Crippen LogP contribution in [0.5, 0.6) is 0 Å². The molecule has 0 bridgehead atoms. The molecule has 21 heavy (non-hydrogen) atoms. The van der Waals surface area contributed by atoms with Crippen LogP contribution in [-0.2, 0) is 12.7 Å². The van der Waals surface area contributed by atoms with Gasteiger partial charge in [-0.25, -0.2) is 0 Å². The molecule has 0 spiro atoms. The minimum atomic E-state index is -4.36. The number of hydrogen-bond acceptors (Lipinski definition) is 3. The number of fused-ring (bicyclic) bond motifs is 1. The Morgan fingerprint density at radius 3 is 2.67 bits per heavy atom. The number of aromatic nitrogens is 1. The average Bonchev–Trinajstić information content (AvgIpc) is 2.90. The topological polar surface area (TPSA) is 38.9 Å². The molecule has 108 valence electrons. The highest BCUT2D eigenvalue weighted by Gasteiger charge is 2.32. The highest BCUT2D eigenvalue weighted by Crippen LogP contribution is 2.40. The predicted octanol–water partition coefficient (Wildman–Crippen LogP) is 4.44. The number of nitrogens with two attached hydrogens (primary N) is 1. The van der Waals surface area contributed by atoms with E-state index < -0.39 is 11.7 Å². The van der Waals surface area contributed by atoms with Gasteiger partial charge in [-0.1, -0.05) is 6.07 Å². The highest BCUT2D eigenvalue weighted by atomic mass is 32.1. The second kappa shape index (κ2) is 5.13. The van der Waals surface area contributed by atoms with Crippen molar-refractivity contribution in [2.45, 2.75) is 12.7 Å². The fraction of sp³-hybridized carbons (Fsp3) is 0.133. The van der Waals surface area contributed by atoms with E-state index in [0.717, 1.165) is 11.6 Å². The Kier molecular flexibility index (Phi) is 3.43. The fourth-order valence-corrected chi connectivity index (χ4v) is 3.23. The number of pyridine rings is 1. The largest absolute Gasteiger partial charge is 0.417 e. The number of thiophene rings is 1. The summed E-state index contributed by atoms with van der Waals surface area (Å²) in [5.74, 6) is 0. The second-order valence-electron chi connectivity index (χ2n) is 4.58. The minimum absolute atomic E-state index is 0.213. The lowest BCUT2D eigenvalue weighted by atomic mass is 10.1. The van der Waals surface area contributed by atoms with E-state index in [0.29, 0.717) is 21.8 Å². The van der Waals surface area contributed by atoms with Crippen molar-refractivity contribution in [3.63, 3.8) is 0 Å². The molecule has 1 aromatic carbocycles. The van der Waals surface area contributed by atoms with Gasteiger partial charge in [0.2, 0.25) is 0 Å². The van der Waals surface area contributed by atoms with Gasteiger partial charge in [0.25, 0.3) is 0 Å². The summed E-state index contributed by atoms with van der Waals surface area (Å²) < 4.78 is 39.7. The van der Waals surface area contributed by atoms with Gasteiger partial charge in [-0.2, -0.15) is 13.2 Å². The van der Waals surface area contributed by atoms with Gasteiger partial charge < -0.3 is 5.73 Å². The summed E-state index contributed by atoms with van der Waals surface area (Å²) in [6.45, 7) is 0.369. The van der Waals surface area contributed by atoms with Crippen molar-refractivity contribution in [2.75, 3.05) is 0 Å². The smallest absolute Gasteiger partial charge is 0.326 e. The van der Waals surface area contributed by atoms with E-state index in [9.17, 15) is 13.2 Å². The summed E-state index contributed by atoms with van der Waals surface area (Å²) in [5.41, 5.74) is 6.51. The average molecular weight is 308 g/mol. The molecule has 0 fully saturated rings. The standard InChI is InChI=1S/C15H11F3N2S/c16-15(17,18)11-2-1-3-13-10(11)7-14(21-13)12-6-9(8-19)4-5-20-12/h1-7H,8,19H2. The molecule has 0 atom stereocenters. The van der Waals surface area contributed by atoms with Crippen molar-refractivity contribution < 1.29 is 13.2 Å². The van der Waals surface area contributed by atoms with Crippen molar-refractivity contribution in [1.82, 2.24) is 4.98 Å². The molecule has 6 heteroatoms. The zero-order chi connectivity index (χ0) is 15.0. The first-order chi connectivity index (χ1) is 9.99. The van der Waals surface area contributed by atoms with E-state index in [1.807, 2.05) is 0 Å². The SMILES string of the molecule is NCc1ccnc(-c2cc3c(C(F)(F)F)cccc3s2)c1. The van der Waals surface area contributed by atoms with Gasteiger partial charge >= 0.3 is 6.18 Å². The number of benzene rings is 1. The van der Waals surface area contributed by atoms with Gasteiger partial charge in [-0.3, -0.25) is 4.98 Å². The molecule has 0 aliphatic carbocycles. The lowest BCUT2D eigenvalue weighted by molar-refractivity contribution is -0.136. The first-order valence-corrected chi connectivity index (χ1v) is 7.06. The van der Waals surface area contributed by atoms with Gasteiger partial charge in [-0.05, 0) is 35.9 Å². The number of rotatable bonds is 2. The van der Waals surface area contributed by atoms with Crippen LogP contribution in [0.2, 0.25) is 0 Å².